The zero-order chi connectivity index (χ0) is 8.69. The van der Waals surface area contributed by atoms with Crippen molar-refractivity contribution in [3.8, 4) is 11.8 Å². The minimum Gasteiger partial charge on any atom is -0.358 e. The molecule has 0 atom stereocenters. The van der Waals surface area contributed by atoms with Gasteiger partial charge in [-0.15, -0.1) is 0 Å². The quantitative estimate of drug-likeness (QED) is 0.475. The number of aliphatic hydroxyl groups excluding tert-OH is 1. The van der Waals surface area contributed by atoms with Crippen LogP contribution in [-0.2, 0) is 0 Å². The van der Waals surface area contributed by atoms with Crippen molar-refractivity contribution >= 4 is 0 Å². The van der Waals surface area contributed by atoms with Gasteiger partial charge >= 0.3 is 0 Å². The van der Waals surface area contributed by atoms with Crippen LogP contribution in [0.25, 0.3) is 0 Å². The van der Waals surface area contributed by atoms with Crippen LogP contribution in [-0.4, -0.2) is 16.5 Å². The highest BCUT2D eigenvalue weighted by Crippen LogP contribution is 2.10. The van der Waals surface area contributed by atoms with Gasteiger partial charge in [0.1, 0.15) is 0 Å². The van der Waals surface area contributed by atoms with Crippen molar-refractivity contribution in [2.45, 2.75) is 39.4 Å². The highest BCUT2D eigenvalue weighted by molar-refractivity contribution is 5.01. The molecule has 0 aliphatic heterocycles. The first-order valence-electron chi connectivity index (χ1n) is 4.05. The summed E-state index contributed by atoms with van der Waals surface area (Å²) in [5.74, 6) is 5.64. The molecule has 0 aromatic carbocycles. The van der Waals surface area contributed by atoms with Crippen LogP contribution in [0.1, 0.15) is 33.1 Å². The molecule has 2 heteroatoms. The van der Waals surface area contributed by atoms with Crippen LogP contribution >= 0.6 is 0 Å². The molecule has 0 aromatic rings. The molecule has 2 nitrogen and oxygen atoms in total. The summed E-state index contributed by atoms with van der Waals surface area (Å²) in [7, 11) is 0. The average molecular weight is 156 g/mol. The molecule has 2 N–H and O–H groups in total. The van der Waals surface area contributed by atoms with Crippen molar-refractivity contribution in [3.05, 3.63) is 0 Å². The van der Waals surface area contributed by atoms with Crippen LogP contribution in [0, 0.1) is 17.8 Å². The van der Waals surface area contributed by atoms with Crippen LogP contribution < -0.4 is 0 Å². The number of hydrogen-bond donors (Lipinski definition) is 2. The fraction of sp³-hybridized carbons (Fsp3) is 0.778. The zero-order valence-corrected chi connectivity index (χ0v) is 7.17. The lowest BCUT2D eigenvalue weighted by Gasteiger charge is -2.05. The lowest BCUT2D eigenvalue weighted by molar-refractivity contribution is 0.0107. The minimum absolute atomic E-state index is 0.598. The van der Waals surface area contributed by atoms with Crippen molar-refractivity contribution in [3.63, 3.8) is 0 Å². The van der Waals surface area contributed by atoms with E-state index in [4.69, 9.17) is 10.2 Å². The molecule has 0 heterocycles. The third kappa shape index (κ3) is 5.90. The van der Waals surface area contributed by atoms with Crippen molar-refractivity contribution < 1.29 is 10.2 Å². The molecule has 0 unspecified atom stereocenters. The molecule has 0 bridgehead atoms. The van der Waals surface area contributed by atoms with Gasteiger partial charge in [0.05, 0.1) is 0 Å². The normalized spacial score (nSPS) is 10.0. The highest BCUT2D eigenvalue weighted by Gasteiger charge is 1.99. The van der Waals surface area contributed by atoms with Gasteiger partial charge in [0.25, 0.3) is 0 Å². The van der Waals surface area contributed by atoms with Gasteiger partial charge in [-0.25, -0.2) is 0 Å². The Morgan fingerprint density at radius 3 is 2.09 bits per heavy atom. The van der Waals surface area contributed by atoms with Crippen LogP contribution in [0.15, 0.2) is 0 Å². The first-order chi connectivity index (χ1) is 5.20. The summed E-state index contributed by atoms with van der Waals surface area (Å²) in [6.45, 7) is 4.23. The van der Waals surface area contributed by atoms with Gasteiger partial charge in [0, 0.05) is 6.42 Å². The Morgan fingerprint density at radius 1 is 1.18 bits per heavy atom. The van der Waals surface area contributed by atoms with E-state index < -0.39 is 6.29 Å². The summed E-state index contributed by atoms with van der Waals surface area (Å²) in [6.07, 6.45) is 1.51. The standard InChI is InChI=1S/C9H16O2/c1-3-8(4-2)6-5-7-9(10)11/h8-11H,3-4,6H2,1-2H3. The van der Waals surface area contributed by atoms with E-state index in [9.17, 15) is 0 Å². The third-order valence-corrected chi connectivity index (χ3v) is 1.78. The van der Waals surface area contributed by atoms with Gasteiger partial charge in [0.2, 0.25) is 6.29 Å². The smallest absolute Gasteiger partial charge is 0.217 e. The Balaban J connectivity index is 3.60. The summed E-state index contributed by atoms with van der Waals surface area (Å²) in [4.78, 5) is 0. The molecule has 0 fully saturated rings. The molecule has 0 saturated carbocycles. The van der Waals surface area contributed by atoms with E-state index in [1.807, 2.05) is 0 Å². The Labute approximate surface area is 68.2 Å². The van der Waals surface area contributed by atoms with Crippen molar-refractivity contribution in [2.24, 2.45) is 5.92 Å². The molecule has 0 saturated heterocycles. The fourth-order valence-electron chi connectivity index (χ4n) is 0.872. The monoisotopic (exact) mass is 156 g/mol. The lowest BCUT2D eigenvalue weighted by atomic mass is 10.0. The predicted molar refractivity (Wildman–Crippen MR) is 44.7 cm³/mol. The topological polar surface area (TPSA) is 40.5 Å². The second kappa shape index (κ2) is 6.21. The van der Waals surface area contributed by atoms with Gasteiger partial charge in [-0.05, 0) is 11.8 Å². The van der Waals surface area contributed by atoms with E-state index in [-0.39, 0.29) is 0 Å². The molecule has 0 aliphatic rings. The SMILES string of the molecule is CCC(CC)CC#CC(O)O. The van der Waals surface area contributed by atoms with Gasteiger partial charge < -0.3 is 10.2 Å². The number of rotatable bonds is 3. The van der Waals surface area contributed by atoms with Crippen LogP contribution in [0.2, 0.25) is 0 Å². The Bertz CT molecular complexity index is 137. The summed E-state index contributed by atoms with van der Waals surface area (Å²) < 4.78 is 0. The maximum absolute atomic E-state index is 8.39. The number of hydrogen-bond acceptors (Lipinski definition) is 2. The predicted octanol–water partition coefficient (Wildman–Crippen LogP) is 1.13. The third-order valence-electron chi connectivity index (χ3n) is 1.78. The first-order valence-corrected chi connectivity index (χ1v) is 4.05. The minimum atomic E-state index is -1.47. The van der Waals surface area contributed by atoms with Crippen LogP contribution in [0.5, 0.6) is 0 Å². The fourth-order valence-corrected chi connectivity index (χ4v) is 0.872. The van der Waals surface area contributed by atoms with E-state index in [2.05, 4.69) is 25.7 Å². The van der Waals surface area contributed by atoms with E-state index in [0.717, 1.165) is 19.3 Å². The average Bonchev–Trinajstić information content (AvgIpc) is 1.98. The van der Waals surface area contributed by atoms with Gasteiger partial charge in [-0.3, -0.25) is 0 Å². The molecule has 0 rings (SSSR count). The van der Waals surface area contributed by atoms with Crippen molar-refractivity contribution in [1.82, 2.24) is 0 Å². The number of aliphatic hydroxyl groups is 2. The molecular formula is C9H16O2. The van der Waals surface area contributed by atoms with Gasteiger partial charge in [-0.2, -0.15) is 0 Å². The second-order valence-electron chi connectivity index (χ2n) is 2.58. The molecule has 0 aliphatic carbocycles. The molecule has 0 amide bonds. The summed E-state index contributed by atoms with van der Waals surface area (Å²) in [6, 6.07) is 0. The molecule has 0 spiro atoms. The summed E-state index contributed by atoms with van der Waals surface area (Å²) >= 11 is 0. The zero-order valence-electron chi connectivity index (χ0n) is 7.17. The summed E-state index contributed by atoms with van der Waals surface area (Å²) in [5.41, 5.74) is 0. The molecule has 11 heavy (non-hydrogen) atoms. The Hall–Kier alpha value is -0.520. The van der Waals surface area contributed by atoms with E-state index >= 15 is 0 Å². The maximum Gasteiger partial charge on any atom is 0.217 e. The van der Waals surface area contributed by atoms with Gasteiger partial charge in [0.15, 0.2) is 0 Å². The van der Waals surface area contributed by atoms with E-state index in [0.29, 0.717) is 5.92 Å². The van der Waals surface area contributed by atoms with Gasteiger partial charge in [-0.1, -0.05) is 32.6 Å². The van der Waals surface area contributed by atoms with E-state index in [1.54, 1.807) is 0 Å². The molecule has 0 aromatic heterocycles. The lowest BCUT2D eigenvalue weighted by Crippen LogP contribution is -1.99. The largest absolute Gasteiger partial charge is 0.358 e. The summed E-state index contributed by atoms with van der Waals surface area (Å²) in [5, 5.41) is 16.8. The molecule has 64 valence electrons. The van der Waals surface area contributed by atoms with Crippen LogP contribution in [0.3, 0.4) is 0 Å². The second-order valence-corrected chi connectivity index (χ2v) is 2.58. The van der Waals surface area contributed by atoms with Crippen molar-refractivity contribution in [2.75, 3.05) is 0 Å². The molecular weight excluding hydrogens is 140 g/mol. The highest BCUT2D eigenvalue weighted by atomic mass is 16.5. The maximum atomic E-state index is 8.39. The Kier molecular flexibility index (Phi) is 5.91. The van der Waals surface area contributed by atoms with E-state index in [1.165, 1.54) is 0 Å². The molecule has 0 radical (unpaired) electrons. The first kappa shape index (κ1) is 10.5. The Morgan fingerprint density at radius 2 is 1.73 bits per heavy atom. The van der Waals surface area contributed by atoms with Crippen molar-refractivity contribution in [1.29, 1.82) is 0 Å². The van der Waals surface area contributed by atoms with Crippen LogP contribution in [0.4, 0.5) is 0 Å².